The first-order valence-electron chi connectivity index (χ1n) is 3.09. The summed E-state index contributed by atoms with van der Waals surface area (Å²) in [6, 6.07) is -0.519. The van der Waals surface area contributed by atoms with Crippen molar-refractivity contribution in [2.24, 2.45) is 0 Å². The lowest BCUT2D eigenvalue weighted by atomic mass is 10.2. The summed E-state index contributed by atoms with van der Waals surface area (Å²) in [6.07, 6.45) is -1.33. The SMILES string of the molecule is CO[C@H](C=O)C(C)NC(=O)O. The minimum Gasteiger partial charge on any atom is -0.465 e. The van der Waals surface area contributed by atoms with Crippen LogP contribution in [0.2, 0.25) is 0 Å². The van der Waals surface area contributed by atoms with Crippen LogP contribution < -0.4 is 5.32 Å². The van der Waals surface area contributed by atoms with Crippen molar-refractivity contribution in [3.05, 3.63) is 0 Å². The van der Waals surface area contributed by atoms with Crippen LogP contribution in [0.25, 0.3) is 0 Å². The van der Waals surface area contributed by atoms with Crippen molar-refractivity contribution in [1.82, 2.24) is 5.32 Å². The topological polar surface area (TPSA) is 75.6 Å². The summed E-state index contributed by atoms with van der Waals surface area (Å²) in [6.45, 7) is 1.55. The van der Waals surface area contributed by atoms with E-state index in [4.69, 9.17) is 5.11 Å². The molecule has 0 aromatic heterocycles. The number of methoxy groups -OCH3 is 1. The van der Waals surface area contributed by atoms with Crippen molar-refractivity contribution in [2.45, 2.75) is 19.1 Å². The van der Waals surface area contributed by atoms with Gasteiger partial charge in [0.15, 0.2) is 6.29 Å². The molecular formula is C6H11NO4. The number of carbonyl (C=O) groups is 2. The van der Waals surface area contributed by atoms with E-state index in [1.54, 1.807) is 6.92 Å². The summed E-state index contributed by atoms with van der Waals surface area (Å²) >= 11 is 0. The van der Waals surface area contributed by atoms with E-state index in [9.17, 15) is 9.59 Å². The molecule has 0 aromatic rings. The van der Waals surface area contributed by atoms with Crippen molar-refractivity contribution < 1.29 is 19.4 Å². The minimum absolute atomic E-state index is 0.519. The van der Waals surface area contributed by atoms with Crippen molar-refractivity contribution in [2.75, 3.05) is 7.11 Å². The predicted molar refractivity (Wildman–Crippen MR) is 37.5 cm³/mol. The number of hydrogen-bond acceptors (Lipinski definition) is 3. The van der Waals surface area contributed by atoms with E-state index in [0.717, 1.165) is 0 Å². The van der Waals surface area contributed by atoms with Crippen molar-refractivity contribution in [1.29, 1.82) is 0 Å². The maximum Gasteiger partial charge on any atom is 0.404 e. The van der Waals surface area contributed by atoms with Crippen LogP contribution in [0, 0.1) is 0 Å². The average molecular weight is 161 g/mol. The monoisotopic (exact) mass is 161 g/mol. The molecule has 0 radical (unpaired) electrons. The Kier molecular flexibility index (Phi) is 4.21. The number of carboxylic acid groups (broad SMARTS) is 1. The van der Waals surface area contributed by atoms with Crippen LogP contribution >= 0.6 is 0 Å². The summed E-state index contributed by atoms with van der Waals surface area (Å²) in [5.74, 6) is 0. The Morgan fingerprint density at radius 2 is 2.27 bits per heavy atom. The molecule has 1 amide bonds. The second kappa shape index (κ2) is 4.68. The Bertz CT molecular complexity index is 148. The molecule has 5 heteroatoms. The Morgan fingerprint density at radius 3 is 2.55 bits per heavy atom. The normalized spacial score (nSPS) is 15.1. The van der Waals surface area contributed by atoms with Gasteiger partial charge in [-0.05, 0) is 6.92 Å². The van der Waals surface area contributed by atoms with Crippen LogP contribution in [0.5, 0.6) is 0 Å². The van der Waals surface area contributed by atoms with Gasteiger partial charge >= 0.3 is 6.09 Å². The Morgan fingerprint density at radius 1 is 1.73 bits per heavy atom. The molecule has 2 atom stereocenters. The van der Waals surface area contributed by atoms with E-state index < -0.39 is 18.2 Å². The molecule has 0 saturated heterocycles. The lowest BCUT2D eigenvalue weighted by molar-refractivity contribution is -0.117. The highest BCUT2D eigenvalue weighted by atomic mass is 16.5. The number of aldehydes is 1. The first kappa shape index (κ1) is 9.90. The Labute approximate surface area is 64.3 Å². The van der Waals surface area contributed by atoms with Gasteiger partial charge in [-0.2, -0.15) is 0 Å². The number of rotatable bonds is 4. The van der Waals surface area contributed by atoms with E-state index in [2.05, 4.69) is 10.1 Å². The number of carbonyl (C=O) groups excluding carboxylic acids is 1. The largest absolute Gasteiger partial charge is 0.465 e. The van der Waals surface area contributed by atoms with E-state index in [1.807, 2.05) is 0 Å². The zero-order valence-corrected chi connectivity index (χ0v) is 6.40. The molecule has 0 aliphatic carbocycles. The Hall–Kier alpha value is -1.10. The van der Waals surface area contributed by atoms with Gasteiger partial charge in [0.1, 0.15) is 6.10 Å². The van der Waals surface area contributed by atoms with Crippen molar-refractivity contribution in [3.63, 3.8) is 0 Å². The van der Waals surface area contributed by atoms with Crippen molar-refractivity contribution in [3.8, 4) is 0 Å². The van der Waals surface area contributed by atoms with Gasteiger partial charge < -0.3 is 20.0 Å². The molecule has 0 bridgehead atoms. The second-order valence-corrected chi connectivity index (χ2v) is 2.07. The summed E-state index contributed by atoms with van der Waals surface area (Å²) in [4.78, 5) is 20.3. The fraction of sp³-hybridized carbons (Fsp3) is 0.667. The van der Waals surface area contributed by atoms with Crippen LogP contribution in [-0.4, -0.2) is 36.7 Å². The molecule has 2 N–H and O–H groups in total. The van der Waals surface area contributed by atoms with Gasteiger partial charge in [0.05, 0.1) is 6.04 Å². The van der Waals surface area contributed by atoms with E-state index in [-0.39, 0.29) is 0 Å². The number of nitrogens with one attached hydrogen (secondary N) is 1. The third kappa shape index (κ3) is 3.57. The van der Waals surface area contributed by atoms with Crippen LogP contribution in [0.15, 0.2) is 0 Å². The molecule has 0 aliphatic rings. The summed E-state index contributed by atoms with van der Waals surface area (Å²) in [5, 5.41) is 10.3. The molecule has 0 aliphatic heterocycles. The number of hydrogen-bond donors (Lipinski definition) is 2. The quantitative estimate of drug-likeness (QED) is 0.562. The van der Waals surface area contributed by atoms with Gasteiger partial charge in [-0.15, -0.1) is 0 Å². The molecule has 11 heavy (non-hydrogen) atoms. The third-order valence-electron chi connectivity index (χ3n) is 1.25. The fourth-order valence-electron chi connectivity index (χ4n) is 0.654. The van der Waals surface area contributed by atoms with E-state index in [0.29, 0.717) is 6.29 Å². The van der Waals surface area contributed by atoms with E-state index >= 15 is 0 Å². The highest BCUT2D eigenvalue weighted by molar-refractivity contribution is 5.66. The van der Waals surface area contributed by atoms with Crippen LogP contribution in [0.3, 0.4) is 0 Å². The van der Waals surface area contributed by atoms with Gasteiger partial charge in [-0.1, -0.05) is 0 Å². The Balaban J connectivity index is 3.87. The number of amides is 1. The lowest BCUT2D eigenvalue weighted by Crippen LogP contribution is -2.42. The highest BCUT2D eigenvalue weighted by Gasteiger charge is 2.16. The summed E-state index contributed by atoms with van der Waals surface area (Å²) in [7, 11) is 1.35. The van der Waals surface area contributed by atoms with Gasteiger partial charge in [-0.3, -0.25) is 0 Å². The molecule has 0 aromatic carbocycles. The van der Waals surface area contributed by atoms with Crippen LogP contribution in [-0.2, 0) is 9.53 Å². The maximum atomic E-state index is 10.2. The van der Waals surface area contributed by atoms with Gasteiger partial charge in [-0.25, -0.2) is 4.79 Å². The number of ether oxygens (including phenoxy) is 1. The maximum absolute atomic E-state index is 10.2. The zero-order chi connectivity index (χ0) is 8.85. The minimum atomic E-state index is -1.17. The average Bonchev–Trinajstić information content (AvgIpc) is 1.88. The first-order chi connectivity index (χ1) is 5.11. The second-order valence-electron chi connectivity index (χ2n) is 2.07. The third-order valence-corrected chi connectivity index (χ3v) is 1.25. The molecule has 0 spiro atoms. The summed E-state index contributed by atoms with van der Waals surface area (Å²) in [5.41, 5.74) is 0. The van der Waals surface area contributed by atoms with Crippen LogP contribution in [0.1, 0.15) is 6.92 Å². The first-order valence-corrected chi connectivity index (χ1v) is 3.09. The molecule has 64 valence electrons. The van der Waals surface area contributed by atoms with Gasteiger partial charge in [0.2, 0.25) is 0 Å². The molecular weight excluding hydrogens is 150 g/mol. The zero-order valence-electron chi connectivity index (χ0n) is 6.40. The molecule has 0 fully saturated rings. The summed E-state index contributed by atoms with van der Waals surface area (Å²) < 4.78 is 4.67. The standard InChI is InChI=1S/C6H11NO4/c1-4(7-6(9)10)5(3-8)11-2/h3-5,7H,1-2H3,(H,9,10)/t4?,5-/m1/s1. The molecule has 0 saturated carbocycles. The predicted octanol–water partition coefficient (Wildman–Crippen LogP) is -0.144. The van der Waals surface area contributed by atoms with Crippen LogP contribution in [0.4, 0.5) is 4.79 Å². The molecule has 5 nitrogen and oxygen atoms in total. The van der Waals surface area contributed by atoms with Gasteiger partial charge in [0.25, 0.3) is 0 Å². The highest BCUT2D eigenvalue weighted by Crippen LogP contribution is 1.93. The fourth-order valence-corrected chi connectivity index (χ4v) is 0.654. The smallest absolute Gasteiger partial charge is 0.404 e. The van der Waals surface area contributed by atoms with E-state index in [1.165, 1.54) is 7.11 Å². The van der Waals surface area contributed by atoms with Crippen molar-refractivity contribution >= 4 is 12.4 Å². The molecule has 0 heterocycles. The lowest BCUT2D eigenvalue weighted by Gasteiger charge is -2.16. The molecule has 1 unspecified atom stereocenters. The molecule has 0 rings (SSSR count). The van der Waals surface area contributed by atoms with Gasteiger partial charge in [0, 0.05) is 7.11 Å².